The summed E-state index contributed by atoms with van der Waals surface area (Å²) in [5, 5.41) is 4.46. The molecule has 0 bridgehead atoms. The minimum Gasteiger partial charge on any atom is -0.472 e. The van der Waals surface area contributed by atoms with Gasteiger partial charge in [0.15, 0.2) is 0 Å². The molecular weight excluding hydrogens is 190 g/mol. The summed E-state index contributed by atoms with van der Waals surface area (Å²) in [6.45, 7) is 3.07. The van der Waals surface area contributed by atoms with Gasteiger partial charge in [0.2, 0.25) is 0 Å². The third-order valence-electron chi connectivity index (χ3n) is 2.56. The predicted octanol–water partition coefficient (Wildman–Crippen LogP) is 2.42. The minimum atomic E-state index is 0.946. The molecule has 4 nitrogen and oxygen atoms in total. The second-order valence-electron chi connectivity index (χ2n) is 3.43. The molecule has 3 aromatic heterocycles. The van der Waals surface area contributed by atoms with Crippen LogP contribution < -0.4 is 0 Å². The number of furan rings is 1. The third kappa shape index (κ3) is 1.18. The Balaban J connectivity index is 2.19. The molecule has 0 spiro atoms. The third-order valence-corrected chi connectivity index (χ3v) is 2.56. The van der Waals surface area contributed by atoms with E-state index in [4.69, 9.17) is 4.42 Å². The van der Waals surface area contributed by atoms with Crippen LogP contribution in [-0.4, -0.2) is 14.2 Å². The molecule has 15 heavy (non-hydrogen) atoms. The molecule has 0 saturated carbocycles. The van der Waals surface area contributed by atoms with Gasteiger partial charge >= 0.3 is 0 Å². The first kappa shape index (κ1) is 8.35. The summed E-state index contributed by atoms with van der Waals surface area (Å²) in [5.41, 5.74) is 3.07. The van der Waals surface area contributed by atoms with E-state index in [1.165, 1.54) is 0 Å². The monoisotopic (exact) mass is 201 g/mol. The van der Waals surface area contributed by atoms with E-state index in [9.17, 15) is 0 Å². The van der Waals surface area contributed by atoms with Crippen molar-refractivity contribution >= 4 is 5.65 Å². The second-order valence-corrected chi connectivity index (χ2v) is 3.43. The van der Waals surface area contributed by atoms with Crippen molar-refractivity contribution in [3.63, 3.8) is 0 Å². The minimum absolute atomic E-state index is 0.946. The molecule has 0 saturated heterocycles. The van der Waals surface area contributed by atoms with Crippen LogP contribution in [0.2, 0.25) is 0 Å². The molecule has 0 fully saturated rings. The van der Waals surface area contributed by atoms with Crippen molar-refractivity contribution in [1.29, 1.82) is 0 Å². The van der Waals surface area contributed by atoms with E-state index >= 15 is 0 Å². The van der Waals surface area contributed by atoms with Crippen molar-refractivity contribution in [1.82, 2.24) is 14.2 Å². The van der Waals surface area contributed by atoms with E-state index in [1.54, 1.807) is 12.5 Å². The molecule has 0 N–H and O–H groups in total. The van der Waals surface area contributed by atoms with Crippen molar-refractivity contribution in [2.45, 2.75) is 13.5 Å². The summed E-state index contributed by atoms with van der Waals surface area (Å²) in [6, 6.07) is 3.98. The van der Waals surface area contributed by atoms with E-state index in [0.717, 1.165) is 23.4 Å². The van der Waals surface area contributed by atoms with Crippen LogP contribution in [0.1, 0.15) is 6.92 Å². The van der Waals surface area contributed by atoms with E-state index in [2.05, 4.69) is 22.7 Å². The average Bonchev–Trinajstić information content (AvgIpc) is 2.93. The number of fused-ring (bicyclic) bond motifs is 1. The van der Waals surface area contributed by atoms with Gasteiger partial charge in [0.1, 0.15) is 5.65 Å². The molecule has 3 rings (SSSR count). The average molecular weight is 201 g/mol. The van der Waals surface area contributed by atoms with Crippen LogP contribution in [-0.2, 0) is 6.54 Å². The molecular formula is C11H11N3O. The fraction of sp³-hybridized carbons (Fsp3) is 0.182. The number of hydrogen-bond acceptors (Lipinski definition) is 2. The highest BCUT2D eigenvalue weighted by Crippen LogP contribution is 2.20. The van der Waals surface area contributed by atoms with Gasteiger partial charge in [-0.25, -0.2) is 4.52 Å². The topological polar surface area (TPSA) is 35.4 Å². The van der Waals surface area contributed by atoms with Gasteiger partial charge in [-0.1, -0.05) is 0 Å². The number of imidazole rings is 1. The molecule has 0 atom stereocenters. The van der Waals surface area contributed by atoms with Gasteiger partial charge in [-0.3, -0.25) is 0 Å². The Morgan fingerprint density at radius 1 is 1.40 bits per heavy atom. The van der Waals surface area contributed by atoms with Crippen molar-refractivity contribution in [3.05, 3.63) is 37.1 Å². The molecule has 76 valence electrons. The maximum absolute atomic E-state index is 5.04. The fourth-order valence-corrected chi connectivity index (χ4v) is 1.75. The lowest BCUT2D eigenvalue weighted by molar-refractivity contribution is 0.568. The molecule has 0 radical (unpaired) electrons. The van der Waals surface area contributed by atoms with E-state index in [-0.39, 0.29) is 0 Å². The number of aryl methyl sites for hydroxylation is 1. The van der Waals surface area contributed by atoms with Crippen molar-refractivity contribution in [2.75, 3.05) is 0 Å². The summed E-state index contributed by atoms with van der Waals surface area (Å²) >= 11 is 0. The summed E-state index contributed by atoms with van der Waals surface area (Å²) in [7, 11) is 0. The zero-order chi connectivity index (χ0) is 10.3. The van der Waals surface area contributed by atoms with Crippen molar-refractivity contribution in [2.24, 2.45) is 0 Å². The lowest BCUT2D eigenvalue weighted by Crippen LogP contribution is -1.90. The van der Waals surface area contributed by atoms with Gasteiger partial charge in [-0.15, -0.1) is 0 Å². The van der Waals surface area contributed by atoms with Crippen LogP contribution in [0.3, 0.4) is 0 Å². The van der Waals surface area contributed by atoms with Crippen LogP contribution in [0.15, 0.2) is 41.5 Å². The molecule has 0 amide bonds. The molecule has 3 heterocycles. The Hall–Kier alpha value is -1.97. The van der Waals surface area contributed by atoms with Crippen molar-refractivity contribution < 1.29 is 4.42 Å². The predicted molar refractivity (Wildman–Crippen MR) is 56.6 cm³/mol. The first-order valence-electron chi connectivity index (χ1n) is 4.95. The van der Waals surface area contributed by atoms with Crippen LogP contribution in [0.4, 0.5) is 0 Å². The Morgan fingerprint density at radius 3 is 3.07 bits per heavy atom. The maximum Gasteiger partial charge on any atom is 0.136 e. The van der Waals surface area contributed by atoms with E-state index in [1.807, 2.05) is 23.0 Å². The number of nitrogens with zero attached hydrogens (tertiary/aromatic N) is 3. The highest BCUT2D eigenvalue weighted by molar-refractivity contribution is 5.63. The highest BCUT2D eigenvalue weighted by atomic mass is 16.3. The smallest absolute Gasteiger partial charge is 0.136 e. The summed E-state index contributed by atoms with van der Waals surface area (Å²) in [4.78, 5) is 0. The Kier molecular flexibility index (Phi) is 1.68. The largest absolute Gasteiger partial charge is 0.472 e. The first-order chi connectivity index (χ1) is 7.38. The Labute approximate surface area is 86.7 Å². The highest BCUT2D eigenvalue weighted by Gasteiger charge is 2.07. The second kappa shape index (κ2) is 3.02. The van der Waals surface area contributed by atoms with Crippen molar-refractivity contribution in [3.8, 4) is 11.3 Å². The first-order valence-corrected chi connectivity index (χ1v) is 4.95. The lowest BCUT2D eigenvalue weighted by Gasteiger charge is -1.93. The molecule has 0 aliphatic heterocycles. The summed E-state index contributed by atoms with van der Waals surface area (Å²) in [6.07, 6.45) is 7.36. The number of rotatable bonds is 2. The molecule has 0 unspecified atom stereocenters. The lowest BCUT2D eigenvalue weighted by atomic mass is 10.2. The van der Waals surface area contributed by atoms with Crippen LogP contribution >= 0.6 is 0 Å². The van der Waals surface area contributed by atoms with Crippen LogP contribution in [0.5, 0.6) is 0 Å². The zero-order valence-corrected chi connectivity index (χ0v) is 8.42. The van der Waals surface area contributed by atoms with Gasteiger partial charge in [0.05, 0.1) is 18.2 Å². The number of hydrogen-bond donors (Lipinski definition) is 0. The quantitative estimate of drug-likeness (QED) is 0.638. The molecule has 0 aliphatic rings. The Bertz CT molecular complexity index is 574. The Morgan fingerprint density at radius 2 is 2.33 bits per heavy atom. The maximum atomic E-state index is 5.04. The zero-order valence-electron chi connectivity index (χ0n) is 8.42. The molecule has 4 heteroatoms. The van der Waals surface area contributed by atoms with E-state index < -0.39 is 0 Å². The summed E-state index contributed by atoms with van der Waals surface area (Å²) in [5.74, 6) is 0. The van der Waals surface area contributed by atoms with Crippen LogP contribution in [0.25, 0.3) is 16.9 Å². The fourth-order valence-electron chi connectivity index (χ4n) is 1.75. The van der Waals surface area contributed by atoms with Gasteiger partial charge in [-0.2, -0.15) is 5.10 Å². The van der Waals surface area contributed by atoms with Gasteiger partial charge < -0.3 is 8.98 Å². The normalized spacial score (nSPS) is 11.3. The SMILES string of the molecule is CCn1ccn2nc(-c3ccoc3)cc12. The standard InChI is InChI=1S/C11H11N3O/c1-2-13-4-5-14-11(13)7-10(12-14)9-3-6-15-8-9/h3-8H,2H2,1H3. The molecule has 0 aromatic carbocycles. The van der Waals surface area contributed by atoms with E-state index in [0.29, 0.717) is 0 Å². The summed E-state index contributed by atoms with van der Waals surface area (Å²) < 4.78 is 9.07. The van der Waals surface area contributed by atoms with Gasteiger partial charge in [-0.05, 0) is 13.0 Å². The molecule has 0 aliphatic carbocycles. The van der Waals surface area contributed by atoms with Crippen LogP contribution in [0, 0.1) is 0 Å². The van der Waals surface area contributed by atoms with Gasteiger partial charge in [0.25, 0.3) is 0 Å². The van der Waals surface area contributed by atoms with Gasteiger partial charge in [0, 0.05) is 30.6 Å². The molecule has 3 aromatic rings. The number of aromatic nitrogens is 3.